The smallest absolute Gasteiger partial charge is 0.240 e. The summed E-state index contributed by atoms with van der Waals surface area (Å²) in [4.78, 5) is 4.20. The lowest BCUT2D eigenvalue weighted by Crippen LogP contribution is -1.96. The molecule has 0 radical (unpaired) electrons. The highest BCUT2D eigenvalue weighted by Gasteiger charge is 2.10. The molecule has 0 fully saturated rings. The Bertz CT molecular complexity index is 578. The summed E-state index contributed by atoms with van der Waals surface area (Å²) in [7, 11) is 1.73. The Kier molecular flexibility index (Phi) is 4.32. The van der Waals surface area contributed by atoms with Gasteiger partial charge >= 0.3 is 0 Å². The molecule has 1 N–H and O–H groups in total. The van der Waals surface area contributed by atoms with Crippen LogP contribution >= 0.6 is 39.1 Å². The fourth-order valence-corrected chi connectivity index (χ4v) is 2.21. The normalized spacial score (nSPS) is 10.2. The van der Waals surface area contributed by atoms with Crippen LogP contribution in [0.5, 0.6) is 11.6 Å². The number of hydrogen-bond acceptors (Lipinski definition) is 3. The van der Waals surface area contributed by atoms with Gasteiger partial charge in [-0.1, -0.05) is 45.2 Å². The molecule has 0 aliphatic rings. The van der Waals surface area contributed by atoms with Crippen LogP contribution in [0.3, 0.4) is 0 Å². The van der Waals surface area contributed by atoms with E-state index in [1.807, 2.05) is 24.3 Å². The lowest BCUT2D eigenvalue weighted by Gasteiger charge is -2.10. The molecule has 0 saturated heterocycles. The first-order chi connectivity index (χ1) is 8.60. The van der Waals surface area contributed by atoms with Gasteiger partial charge in [0, 0.05) is 11.5 Å². The molecule has 0 aliphatic carbocycles. The van der Waals surface area contributed by atoms with E-state index >= 15 is 0 Å². The molecule has 0 aliphatic heterocycles. The summed E-state index contributed by atoms with van der Waals surface area (Å²) in [6.07, 6.45) is 0. The van der Waals surface area contributed by atoms with Crippen LogP contribution in [0.4, 0.5) is 5.82 Å². The molecule has 1 aromatic heterocycles. The van der Waals surface area contributed by atoms with Crippen molar-refractivity contribution in [3.63, 3.8) is 0 Å². The van der Waals surface area contributed by atoms with E-state index in [4.69, 9.17) is 27.9 Å². The molecular weight excluding hydrogens is 339 g/mol. The van der Waals surface area contributed by atoms with Gasteiger partial charge in [-0.3, -0.25) is 0 Å². The van der Waals surface area contributed by atoms with Crippen molar-refractivity contribution in [2.75, 3.05) is 12.4 Å². The highest BCUT2D eigenvalue weighted by Crippen LogP contribution is 2.33. The Morgan fingerprint density at radius 3 is 2.67 bits per heavy atom. The zero-order valence-corrected chi connectivity index (χ0v) is 12.5. The fraction of sp³-hybridized carbons (Fsp3) is 0.0833. The van der Waals surface area contributed by atoms with Crippen molar-refractivity contribution in [1.29, 1.82) is 0 Å². The number of aromatic nitrogens is 1. The average molecular weight is 348 g/mol. The van der Waals surface area contributed by atoms with Crippen molar-refractivity contribution < 1.29 is 4.74 Å². The predicted octanol–water partition coefficient (Wildman–Crippen LogP) is 4.98. The monoisotopic (exact) mass is 346 g/mol. The van der Waals surface area contributed by atoms with E-state index in [2.05, 4.69) is 26.2 Å². The maximum Gasteiger partial charge on any atom is 0.240 e. The van der Waals surface area contributed by atoms with Crippen molar-refractivity contribution in [1.82, 2.24) is 4.98 Å². The highest BCUT2D eigenvalue weighted by atomic mass is 79.9. The van der Waals surface area contributed by atoms with Gasteiger partial charge in [0.05, 0.1) is 5.02 Å². The number of rotatable bonds is 3. The first-order valence-electron chi connectivity index (χ1n) is 5.07. The van der Waals surface area contributed by atoms with Gasteiger partial charge in [0.25, 0.3) is 0 Å². The van der Waals surface area contributed by atoms with Crippen molar-refractivity contribution in [3.05, 3.63) is 44.8 Å². The van der Waals surface area contributed by atoms with Crippen molar-refractivity contribution in [3.8, 4) is 11.6 Å². The second-order valence-corrected chi connectivity index (χ2v) is 5.15. The molecule has 1 aromatic carbocycles. The Hall–Kier alpha value is -0.970. The molecule has 0 amide bonds. The number of benzene rings is 1. The minimum absolute atomic E-state index is 0.309. The fourth-order valence-electron chi connectivity index (χ4n) is 1.34. The van der Waals surface area contributed by atoms with Crippen LogP contribution in [0, 0.1) is 0 Å². The van der Waals surface area contributed by atoms with E-state index in [-0.39, 0.29) is 0 Å². The summed E-state index contributed by atoms with van der Waals surface area (Å²) in [5, 5.41) is 3.68. The van der Waals surface area contributed by atoms with Crippen LogP contribution in [0.25, 0.3) is 0 Å². The Morgan fingerprint density at radius 2 is 2.00 bits per heavy atom. The Morgan fingerprint density at radius 1 is 1.22 bits per heavy atom. The van der Waals surface area contributed by atoms with Crippen LogP contribution in [0.15, 0.2) is 34.8 Å². The van der Waals surface area contributed by atoms with E-state index in [0.29, 0.717) is 27.5 Å². The number of ether oxygens (including phenoxy) is 1. The van der Waals surface area contributed by atoms with Gasteiger partial charge in [0.1, 0.15) is 16.6 Å². The standard InChI is InChI=1S/C12H9BrCl2N2O/c1-16-11-9(14)6-10(15)12(17-11)18-8-4-2-3-7(13)5-8/h2-6H,1H3,(H,16,17). The molecule has 94 valence electrons. The largest absolute Gasteiger partial charge is 0.437 e. The van der Waals surface area contributed by atoms with E-state index in [1.165, 1.54) is 0 Å². The molecule has 1 heterocycles. The molecule has 0 atom stereocenters. The number of anilines is 1. The molecule has 0 unspecified atom stereocenters. The number of hydrogen-bond donors (Lipinski definition) is 1. The van der Waals surface area contributed by atoms with Gasteiger partial charge < -0.3 is 10.1 Å². The van der Waals surface area contributed by atoms with Crippen LogP contribution in [0.2, 0.25) is 10.0 Å². The van der Waals surface area contributed by atoms with Crippen molar-refractivity contribution >= 4 is 44.9 Å². The van der Waals surface area contributed by atoms with Gasteiger partial charge in [-0.2, -0.15) is 4.98 Å². The Labute approximate surface area is 123 Å². The summed E-state index contributed by atoms with van der Waals surface area (Å²) >= 11 is 15.4. The Balaban J connectivity index is 2.34. The van der Waals surface area contributed by atoms with E-state index in [9.17, 15) is 0 Å². The van der Waals surface area contributed by atoms with Gasteiger partial charge in [-0.25, -0.2) is 0 Å². The maximum atomic E-state index is 6.04. The molecule has 6 heteroatoms. The summed E-state index contributed by atoms with van der Waals surface area (Å²) in [5.74, 6) is 1.47. The summed E-state index contributed by atoms with van der Waals surface area (Å²) < 4.78 is 6.53. The lowest BCUT2D eigenvalue weighted by molar-refractivity contribution is 0.463. The maximum absolute atomic E-state index is 6.04. The van der Waals surface area contributed by atoms with Gasteiger partial charge in [0.15, 0.2) is 0 Å². The molecule has 2 rings (SSSR count). The number of nitrogens with zero attached hydrogens (tertiary/aromatic N) is 1. The van der Waals surface area contributed by atoms with Crippen LogP contribution in [0.1, 0.15) is 0 Å². The van der Waals surface area contributed by atoms with Crippen LogP contribution < -0.4 is 10.1 Å². The van der Waals surface area contributed by atoms with E-state index in [0.717, 1.165) is 4.47 Å². The van der Waals surface area contributed by atoms with E-state index < -0.39 is 0 Å². The van der Waals surface area contributed by atoms with Crippen molar-refractivity contribution in [2.24, 2.45) is 0 Å². The highest BCUT2D eigenvalue weighted by molar-refractivity contribution is 9.10. The third-order valence-electron chi connectivity index (χ3n) is 2.14. The lowest BCUT2D eigenvalue weighted by atomic mass is 10.3. The van der Waals surface area contributed by atoms with Gasteiger partial charge in [0.2, 0.25) is 5.88 Å². The molecule has 2 aromatic rings. The third kappa shape index (κ3) is 3.07. The minimum Gasteiger partial charge on any atom is -0.437 e. The average Bonchev–Trinajstić information content (AvgIpc) is 2.33. The second kappa shape index (κ2) is 5.78. The quantitative estimate of drug-likeness (QED) is 0.849. The minimum atomic E-state index is 0.309. The summed E-state index contributed by atoms with van der Waals surface area (Å²) in [6.45, 7) is 0. The number of halogens is 3. The van der Waals surface area contributed by atoms with Gasteiger partial charge in [-0.05, 0) is 24.3 Å². The molecule has 3 nitrogen and oxygen atoms in total. The van der Waals surface area contributed by atoms with Crippen LogP contribution in [-0.2, 0) is 0 Å². The SMILES string of the molecule is CNc1nc(Oc2cccc(Br)c2)c(Cl)cc1Cl. The molecular formula is C12H9BrCl2N2O. The summed E-state index contributed by atoms with van der Waals surface area (Å²) in [5.41, 5.74) is 0. The van der Waals surface area contributed by atoms with Gasteiger partial charge in [-0.15, -0.1) is 0 Å². The predicted molar refractivity (Wildman–Crippen MR) is 78.0 cm³/mol. The first-order valence-corrected chi connectivity index (χ1v) is 6.62. The number of pyridine rings is 1. The van der Waals surface area contributed by atoms with Crippen LogP contribution in [-0.4, -0.2) is 12.0 Å². The van der Waals surface area contributed by atoms with Crippen molar-refractivity contribution in [2.45, 2.75) is 0 Å². The first kappa shape index (κ1) is 13.5. The zero-order valence-electron chi connectivity index (χ0n) is 9.38. The molecule has 0 spiro atoms. The second-order valence-electron chi connectivity index (χ2n) is 3.42. The van der Waals surface area contributed by atoms with E-state index in [1.54, 1.807) is 13.1 Å². The zero-order chi connectivity index (χ0) is 13.1. The third-order valence-corrected chi connectivity index (χ3v) is 3.20. The number of nitrogens with one attached hydrogen (secondary N) is 1. The molecule has 0 saturated carbocycles. The summed E-state index contributed by atoms with van der Waals surface area (Å²) in [6, 6.07) is 9.00. The topological polar surface area (TPSA) is 34.2 Å². The molecule has 0 bridgehead atoms. The molecule has 18 heavy (non-hydrogen) atoms.